The maximum absolute atomic E-state index is 13.8. The minimum Gasteiger partial charge on any atom is -0.393 e. The number of hydrogen-bond acceptors (Lipinski definition) is 4. The Labute approximate surface area is 210 Å². The lowest BCUT2D eigenvalue weighted by Crippen LogP contribution is -2.31. The number of carbonyl (C=O) groups is 1. The van der Waals surface area contributed by atoms with E-state index in [2.05, 4.69) is 22.5 Å². The standard InChI is InChI=1S/C29H29ClN4O/c1-19(20-8-11-24(30)12-9-20)16-34-28(21-6-4-3-5-7-21)29(35)26-18-33-27-14-22(10-13-25(26)27)23(15-31)17-32-2/h3-15,17-19,28,31-34H,16H2,1-2H3/b23-17+,31-15?. The highest BCUT2D eigenvalue weighted by Gasteiger charge is 2.25. The van der Waals surface area contributed by atoms with Gasteiger partial charge < -0.3 is 21.0 Å². The number of aromatic amines is 1. The summed E-state index contributed by atoms with van der Waals surface area (Å²) in [7, 11) is 1.80. The number of nitrogens with one attached hydrogen (secondary N) is 4. The van der Waals surface area contributed by atoms with Crippen LogP contribution in [0.4, 0.5) is 0 Å². The lowest BCUT2D eigenvalue weighted by molar-refractivity contribution is 0.0944. The number of ketones is 1. The highest BCUT2D eigenvalue weighted by Crippen LogP contribution is 2.28. The molecule has 0 aliphatic rings. The predicted octanol–water partition coefficient (Wildman–Crippen LogP) is 6.35. The maximum atomic E-state index is 13.8. The summed E-state index contributed by atoms with van der Waals surface area (Å²) in [4.78, 5) is 17.1. The Balaban J connectivity index is 1.62. The van der Waals surface area contributed by atoms with Crippen LogP contribution < -0.4 is 10.6 Å². The van der Waals surface area contributed by atoms with Crippen molar-refractivity contribution in [2.24, 2.45) is 0 Å². The predicted molar refractivity (Wildman–Crippen MR) is 146 cm³/mol. The summed E-state index contributed by atoms with van der Waals surface area (Å²) in [6, 6.07) is 23.0. The third-order valence-corrected chi connectivity index (χ3v) is 6.45. The molecule has 4 aromatic rings. The van der Waals surface area contributed by atoms with E-state index in [0.717, 1.165) is 33.2 Å². The Hall–Kier alpha value is -3.67. The van der Waals surface area contributed by atoms with Crippen molar-refractivity contribution in [3.63, 3.8) is 0 Å². The number of aromatic nitrogens is 1. The topological polar surface area (TPSA) is 80.8 Å². The van der Waals surface area contributed by atoms with Gasteiger partial charge in [-0.3, -0.25) is 4.79 Å². The number of halogens is 1. The molecule has 2 atom stereocenters. The fourth-order valence-electron chi connectivity index (χ4n) is 4.24. The molecule has 178 valence electrons. The number of allylic oxidation sites excluding steroid dienone is 1. The Kier molecular flexibility index (Phi) is 7.80. The molecule has 0 radical (unpaired) electrons. The highest BCUT2D eigenvalue weighted by atomic mass is 35.5. The van der Waals surface area contributed by atoms with Crippen molar-refractivity contribution in [2.45, 2.75) is 18.9 Å². The number of rotatable bonds is 10. The van der Waals surface area contributed by atoms with Gasteiger partial charge in [0.15, 0.2) is 5.78 Å². The van der Waals surface area contributed by atoms with E-state index >= 15 is 0 Å². The van der Waals surface area contributed by atoms with E-state index in [1.807, 2.05) is 72.8 Å². The molecule has 0 aliphatic carbocycles. The highest BCUT2D eigenvalue weighted by molar-refractivity contribution is 6.30. The molecule has 0 spiro atoms. The molecule has 0 aliphatic heterocycles. The SMILES string of the molecule is CN/C=C(\C=N)c1ccc2c(C(=O)C(NCC(C)c3ccc(Cl)cc3)c3ccccc3)c[nH]c2c1. The fraction of sp³-hybridized carbons (Fsp3) is 0.172. The molecule has 6 heteroatoms. The van der Waals surface area contributed by atoms with Gasteiger partial charge >= 0.3 is 0 Å². The number of Topliss-reactive ketones (excluding diaryl/α,β-unsaturated/α-hetero) is 1. The van der Waals surface area contributed by atoms with Crippen LogP contribution in [-0.2, 0) is 0 Å². The molecule has 2 unspecified atom stereocenters. The third kappa shape index (κ3) is 5.53. The number of hydrogen-bond donors (Lipinski definition) is 4. The largest absolute Gasteiger partial charge is 0.393 e. The molecule has 0 amide bonds. The first-order valence-corrected chi connectivity index (χ1v) is 12.0. The zero-order chi connectivity index (χ0) is 24.8. The Morgan fingerprint density at radius 1 is 1.06 bits per heavy atom. The van der Waals surface area contributed by atoms with Gasteiger partial charge in [-0.25, -0.2) is 0 Å². The summed E-state index contributed by atoms with van der Waals surface area (Å²) in [5.74, 6) is 0.215. The van der Waals surface area contributed by atoms with Gasteiger partial charge in [-0.15, -0.1) is 0 Å². The van der Waals surface area contributed by atoms with Gasteiger partial charge in [0.1, 0.15) is 0 Å². The lowest BCUT2D eigenvalue weighted by atomic mass is 9.95. The van der Waals surface area contributed by atoms with Crippen LogP contribution in [0.5, 0.6) is 0 Å². The van der Waals surface area contributed by atoms with Gasteiger partial charge in [0, 0.05) is 59.3 Å². The average Bonchev–Trinajstić information content (AvgIpc) is 3.31. The average molecular weight is 485 g/mol. The summed E-state index contributed by atoms with van der Waals surface area (Å²) in [5, 5.41) is 15.7. The first-order chi connectivity index (χ1) is 17.0. The normalized spacial score (nSPS) is 13.4. The summed E-state index contributed by atoms with van der Waals surface area (Å²) >= 11 is 6.04. The van der Waals surface area contributed by atoms with Crippen LogP contribution in [0.15, 0.2) is 85.2 Å². The van der Waals surface area contributed by atoms with E-state index in [1.54, 1.807) is 19.4 Å². The second-order valence-corrected chi connectivity index (χ2v) is 9.00. The van der Waals surface area contributed by atoms with Gasteiger partial charge in [-0.2, -0.15) is 0 Å². The molecule has 0 saturated heterocycles. The van der Waals surface area contributed by atoms with Crippen LogP contribution in [0.25, 0.3) is 16.5 Å². The molecular weight excluding hydrogens is 456 g/mol. The van der Waals surface area contributed by atoms with Crippen molar-refractivity contribution >= 4 is 40.1 Å². The van der Waals surface area contributed by atoms with Crippen molar-refractivity contribution in [3.8, 4) is 0 Å². The monoisotopic (exact) mass is 484 g/mol. The lowest BCUT2D eigenvalue weighted by Gasteiger charge is -2.21. The Morgan fingerprint density at radius 3 is 2.49 bits per heavy atom. The van der Waals surface area contributed by atoms with E-state index < -0.39 is 6.04 Å². The van der Waals surface area contributed by atoms with Crippen LogP contribution in [0.3, 0.4) is 0 Å². The van der Waals surface area contributed by atoms with Gasteiger partial charge in [-0.05, 0) is 40.8 Å². The Bertz CT molecular complexity index is 1340. The molecule has 0 saturated carbocycles. The molecule has 1 heterocycles. The molecular formula is C29H29ClN4O. The van der Waals surface area contributed by atoms with E-state index in [0.29, 0.717) is 17.1 Å². The van der Waals surface area contributed by atoms with Crippen molar-refractivity contribution in [3.05, 3.63) is 112 Å². The molecule has 35 heavy (non-hydrogen) atoms. The first-order valence-electron chi connectivity index (χ1n) is 11.6. The van der Waals surface area contributed by atoms with Crippen molar-refractivity contribution in [1.29, 1.82) is 5.41 Å². The van der Waals surface area contributed by atoms with E-state index in [-0.39, 0.29) is 11.7 Å². The zero-order valence-corrected chi connectivity index (χ0v) is 20.6. The quantitative estimate of drug-likeness (QED) is 0.156. The van der Waals surface area contributed by atoms with Crippen LogP contribution in [0, 0.1) is 5.41 Å². The second kappa shape index (κ2) is 11.2. The fourth-order valence-corrected chi connectivity index (χ4v) is 4.37. The molecule has 5 nitrogen and oxygen atoms in total. The summed E-state index contributed by atoms with van der Waals surface area (Å²) in [5.41, 5.74) is 5.25. The maximum Gasteiger partial charge on any atom is 0.186 e. The van der Waals surface area contributed by atoms with Crippen LogP contribution in [-0.4, -0.2) is 30.6 Å². The molecule has 1 aromatic heterocycles. The number of carbonyl (C=O) groups excluding carboxylic acids is 1. The second-order valence-electron chi connectivity index (χ2n) is 8.56. The van der Waals surface area contributed by atoms with Gasteiger partial charge in [-0.1, -0.05) is 73.1 Å². The van der Waals surface area contributed by atoms with Gasteiger partial charge in [0.05, 0.1) is 6.04 Å². The number of benzene rings is 3. The Morgan fingerprint density at radius 2 is 1.80 bits per heavy atom. The number of H-pyrrole nitrogens is 1. The van der Waals surface area contributed by atoms with Crippen LogP contribution in [0.2, 0.25) is 5.02 Å². The van der Waals surface area contributed by atoms with Crippen LogP contribution in [0.1, 0.15) is 45.9 Å². The molecule has 4 N–H and O–H groups in total. The third-order valence-electron chi connectivity index (χ3n) is 6.20. The van der Waals surface area contributed by atoms with E-state index in [4.69, 9.17) is 17.0 Å². The van der Waals surface area contributed by atoms with Gasteiger partial charge in [0.25, 0.3) is 0 Å². The zero-order valence-electron chi connectivity index (χ0n) is 19.8. The van der Waals surface area contributed by atoms with E-state index in [9.17, 15) is 4.79 Å². The van der Waals surface area contributed by atoms with Crippen molar-refractivity contribution in [2.75, 3.05) is 13.6 Å². The number of fused-ring (bicyclic) bond motifs is 1. The summed E-state index contributed by atoms with van der Waals surface area (Å²) < 4.78 is 0. The van der Waals surface area contributed by atoms with E-state index in [1.165, 1.54) is 6.21 Å². The summed E-state index contributed by atoms with van der Waals surface area (Å²) in [6.45, 7) is 2.77. The smallest absolute Gasteiger partial charge is 0.186 e. The molecule has 3 aromatic carbocycles. The molecule has 0 fully saturated rings. The first kappa shape index (κ1) is 24.5. The van der Waals surface area contributed by atoms with Crippen molar-refractivity contribution < 1.29 is 4.79 Å². The minimum atomic E-state index is -0.481. The van der Waals surface area contributed by atoms with Gasteiger partial charge in [0.2, 0.25) is 0 Å². The molecule has 0 bridgehead atoms. The summed E-state index contributed by atoms with van der Waals surface area (Å²) in [6.07, 6.45) is 4.87. The molecule has 4 rings (SSSR count). The van der Waals surface area contributed by atoms with Crippen molar-refractivity contribution in [1.82, 2.24) is 15.6 Å². The minimum absolute atomic E-state index is 0.0107. The van der Waals surface area contributed by atoms with Crippen LogP contribution >= 0.6 is 11.6 Å².